The lowest BCUT2D eigenvalue weighted by atomic mass is 9.93. The van der Waals surface area contributed by atoms with Crippen molar-refractivity contribution in [1.29, 1.82) is 0 Å². The van der Waals surface area contributed by atoms with Crippen molar-refractivity contribution >= 4 is 11.8 Å². The van der Waals surface area contributed by atoms with Crippen LogP contribution in [-0.2, 0) is 0 Å². The average molecular weight is 225 g/mol. The molecule has 0 spiro atoms. The first-order valence-electron chi connectivity index (χ1n) is 5.15. The maximum Gasteiger partial charge on any atom is 0.0963 e. The van der Waals surface area contributed by atoms with Gasteiger partial charge in [-0.05, 0) is 37.3 Å². The highest BCUT2D eigenvalue weighted by Gasteiger charge is 2.23. The monoisotopic (exact) mass is 225 g/mol. The fourth-order valence-corrected chi connectivity index (χ4v) is 2.00. The van der Waals surface area contributed by atoms with E-state index in [9.17, 15) is 5.11 Å². The second kappa shape index (κ2) is 5.01. The number of nitrogens with two attached hydrogens (primary N) is 1. The quantitative estimate of drug-likeness (QED) is 0.774. The second-order valence-electron chi connectivity index (χ2n) is 4.23. The predicted octanol–water partition coefficient (Wildman–Crippen LogP) is 2.57. The molecule has 1 unspecified atom stereocenters. The van der Waals surface area contributed by atoms with Gasteiger partial charge in [0.1, 0.15) is 0 Å². The number of benzene rings is 1. The number of rotatable bonds is 4. The van der Waals surface area contributed by atoms with Gasteiger partial charge in [-0.2, -0.15) is 0 Å². The van der Waals surface area contributed by atoms with Gasteiger partial charge in [0, 0.05) is 10.4 Å². The second-order valence-corrected chi connectivity index (χ2v) is 5.56. The Labute approximate surface area is 95.9 Å². The highest BCUT2D eigenvalue weighted by atomic mass is 32.2. The van der Waals surface area contributed by atoms with E-state index in [1.165, 1.54) is 4.90 Å². The first kappa shape index (κ1) is 12.6. The molecule has 0 aromatic heterocycles. The van der Waals surface area contributed by atoms with Crippen molar-refractivity contribution in [3.8, 4) is 0 Å². The highest BCUT2D eigenvalue weighted by molar-refractivity contribution is 7.99. The van der Waals surface area contributed by atoms with Crippen LogP contribution in [0.25, 0.3) is 0 Å². The lowest BCUT2D eigenvalue weighted by molar-refractivity contribution is 0.104. The molecule has 0 radical (unpaired) electrons. The number of hydrogen-bond donors (Lipinski definition) is 2. The van der Waals surface area contributed by atoms with Crippen molar-refractivity contribution in [3.63, 3.8) is 0 Å². The first-order valence-corrected chi connectivity index (χ1v) is 6.13. The summed E-state index contributed by atoms with van der Waals surface area (Å²) in [5.41, 5.74) is 6.13. The van der Waals surface area contributed by atoms with Crippen LogP contribution in [-0.4, -0.2) is 16.4 Å². The van der Waals surface area contributed by atoms with Crippen molar-refractivity contribution in [2.24, 2.45) is 5.73 Å². The van der Waals surface area contributed by atoms with Gasteiger partial charge in [-0.1, -0.05) is 19.1 Å². The van der Waals surface area contributed by atoms with Crippen molar-refractivity contribution in [2.45, 2.75) is 37.3 Å². The number of aliphatic hydroxyl groups excluding tert-OH is 1. The summed E-state index contributed by atoms with van der Waals surface area (Å²) in [7, 11) is 0. The third kappa shape index (κ3) is 3.52. The van der Waals surface area contributed by atoms with Crippen molar-refractivity contribution < 1.29 is 5.11 Å². The lowest BCUT2D eigenvalue weighted by Gasteiger charge is -2.26. The van der Waals surface area contributed by atoms with Crippen molar-refractivity contribution in [3.05, 3.63) is 29.8 Å². The molecule has 3 heteroatoms. The van der Waals surface area contributed by atoms with E-state index < -0.39 is 11.6 Å². The van der Waals surface area contributed by atoms with Crippen molar-refractivity contribution in [2.75, 3.05) is 5.75 Å². The van der Waals surface area contributed by atoms with Gasteiger partial charge in [-0.25, -0.2) is 0 Å². The Balaban J connectivity index is 2.80. The van der Waals surface area contributed by atoms with Crippen LogP contribution in [0.2, 0.25) is 0 Å². The molecule has 2 nitrogen and oxygen atoms in total. The van der Waals surface area contributed by atoms with Crippen LogP contribution in [0, 0.1) is 0 Å². The zero-order valence-corrected chi connectivity index (χ0v) is 10.3. The van der Waals surface area contributed by atoms with E-state index in [2.05, 4.69) is 6.92 Å². The van der Waals surface area contributed by atoms with Gasteiger partial charge in [0.15, 0.2) is 0 Å². The first-order chi connectivity index (χ1) is 6.95. The smallest absolute Gasteiger partial charge is 0.0963 e. The molecule has 84 valence electrons. The zero-order valence-electron chi connectivity index (χ0n) is 9.53. The summed E-state index contributed by atoms with van der Waals surface area (Å²) in [5.74, 6) is 1.06. The van der Waals surface area contributed by atoms with Gasteiger partial charge in [0.05, 0.1) is 6.10 Å². The Morgan fingerprint density at radius 3 is 2.27 bits per heavy atom. The number of thioether (sulfide) groups is 1. The topological polar surface area (TPSA) is 46.2 Å². The standard InChI is InChI=1S/C12H19NOS/c1-4-15-10-7-5-9(6-8-10)11(14)12(2,3)13/h5-8,11,14H,4,13H2,1-3H3. The van der Waals surface area contributed by atoms with E-state index in [1.54, 1.807) is 11.8 Å². The Bertz CT molecular complexity index is 302. The minimum Gasteiger partial charge on any atom is -0.387 e. The van der Waals surface area contributed by atoms with Crippen LogP contribution in [0.3, 0.4) is 0 Å². The zero-order chi connectivity index (χ0) is 11.5. The number of hydrogen-bond acceptors (Lipinski definition) is 3. The van der Waals surface area contributed by atoms with Crippen LogP contribution in [0.1, 0.15) is 32.4 Å². The Kier molecular flexibility index (Phi) is 4.20. The molecule has 0 saturated heterocycles. The molecule has 15 heavy (non-hydrogen) atoms. The Morgan fingerprint density at radius 1 is 1.33 bits per heavy atom. The molecule has 1 atom stereocenters. The molecule has 0 aliphatic rings. The van der Waals surface area contributed by atoms with E-state index >= 15 is 0 Å². The third-order valence-corrected chi connectivity index (χ3v) is 3.11. The maximum atomic E-state index is 9.95. The highest BCUT2D eigenvalue weighted by Crippen LogP contribution is 2.25. The molecule has 0 saturated carbocycles. The van der Waals surface area contributed by atoms with Gasteiger partial charge in [-0.15, -0.1) is 11.8 Å². The molecule has 3 N–H and O–H groups in total. The van der Waals surface area contributed by atoms with Crippen LogP contribution >= 0.6 is 11.8 Å². The SMILES string of the molecule is CCSc1ccc(C(O)C(C)(C)N)cc1. The largest absolute Gasteiger partial charge is 0.387 e. The predicted molar refractivity (Wildman–Crippen MR) is 66.1 cm³/mol. The van der Waals surface area contributed by atoms with E-state index in [4.69, 9.17) is 5.73 Å². The van der Waals surface area contributed by atoms with E-state index in [0.717, 1.165) is 11.3 Å². The fourth-order valence-electron chi connectivity index (χ4n) is 1.34. The van der Waals surface area contributed by atoms with Gasteiger partial charge in [0.25, 0.3) is 0 Å². The van der Waals surface area contributed by atoms with Gasteiger partial charge in [0.2, 0.25) is 0 Å². The van der Waals surface area contributed by atoms with Gasteiger partial charge < -0.3 is 10.8 Å². The molecule has 1 rings (SSSR count). The van der Waals surface area contributed by atoms with E-state index in [0.29, 0.717) is 0 Å². The molecule has 0 aliphatic carbocycles. The van der Waals surface area contributed by atoms with Crippen LogP contribution < -0.4 is 5.73 Å². The fraction of sp³-hybridized carbons (Fsp3) is 0.500. The molecular weight excluding hydrogens is 206 g/mol. The molecule has 0 aliphatic heterocycles. The molecule has 0 fully saturated rings. The summed E-state index contributed by atoms with van der Waals surface area (Å²) < 4.78 is 0. The Morgan fingerprint density at radius 2 is 1.87 bits per heavy atom. The Hall–Kier alpha value is -0.510. The molecule has 0 bridgehead atoms. The molecule has 1 aromatic carbocycles. The summed E-state index contributed by atoms with van der Waals surface area (Å²) in [5, 5.41) is 9.95. The number of aliphatic hydroxyl groups is 1. The summed E-state index contributed by atoms with van der Waals surface area (Å²) in [6.07, 6.45) is -0.613. The molecule has 0 amide bonds. The minimum atomic E-state index is -0.613. The summed E-state index contributed by atoms with van der Waals surface area (Å²) >= 11 is 1.79. The lowest BCUT2D eigenvalue weighted by Crippen LogP contribution is -2.39. The van der Waals surface area contributed by atoms with Crippen LogP contribution in [0.15, 0.2) is 29.2 Å². The maximum absolute atomic E-state index is 9.95. The summed E-state index contributed by atoms with van der Waals surface area (Å²) in [6, 6.07) is 7.94. The minimum absolute atomic E-state index is 0.598. The third-order valence-electron chi connectivity index (χ3n) is 2.21. The van der Waals surface area contributed by atoms with E-state index in [-0.39, 0.29) is 0 Å². The average Bonchev–Trinajstić information content (AvgIpc) is 2.17. The summed E-state index contributed by atoms with van der Waals surface area (Å²) in [6.45, 7) is 5.77. The normalized spacial score (nSPS) is 13.9. The molecule has 1 aromatic rings. The van der Waals surface area contributed by atoms with Crippen molar-refractivity contribution in [1.82, 2.24) is 0 Å². The molecular formula is C12H19NOS. The van der Waals surface area contributed by atoms with Crippen LogP contribution in [0.4, 0.5) is 0 Å². The van der Waals surface area contributed by atoms with E-state index in [1.807, 2.05) is 38.1 Å². The van der Waals surface area contributed by atoms with Gasteiger partial charge >= 0.3 is 0 Å². The van der Waals surface area contributed by atoms with Gasteiger partial charge in [-0.3, -0.25) is 0 Å². The van der Waals surface area contributed by atoms with Crippen LogP contribution in [0.5, 0.6) is 0 Å². The summed E-state index contributed by atoms with van der Waals surface area (Å²) in [4.78, 5) is 1.23. The molecule has 0 heterocycles.